The van der Waals surface area contributed by atoms with Gasteiger partial charge in [0.15, 0.2) is 0 Å². The second kappa shape index (κ2) is 5.90. The first-order chi connectivity index (χ1) is 9.10. The first-order valence-electron chi connectivity index (χ1n) is 5.41. The zero-order chi connectivity index (χ0) is 13.8. The van der Waals surface area contributed by atoms with Gasteiger partial charge in [-0.3, -0.25) is 10.1 Å². The molecule has 2 N–H and O–H groups in total. The van der Waals surface area contributed by atoms with Gasteiger partial charge in [-0.1, -0.05) is 23.2 Å². The highest BCUT2D eigenvalue weighted by atomic mass is 35.5. The van der Waals surface area contributed by atoms with E-state index in [-0.39, 0.29) is 17.0 Å². The van der Waals surface area contributed by atoms with Crippen molar-refractivity contribution in [3.05, 3.63) is 33.8 Å². The molecule has 8 heteroatoms. The molecule has 1 aromatic carbocycles. The van der Waals surface area contributed by atoms with Crippen molar-refractivity contribution in [3.63, 3.8) is 0 Å². The van der Waals surface area contributed by atoms with Gasteiger partial charge in [0, 0.05) is 5.02 Å². The minimum atomic E-state index is -0.416. The van der Waals surface area contributed by atoms with Crippen LogP contribution in [0.2, 0.25) is 10.0 Å². The van der Waals surface area contributed by atoms with Crippen LogP contribution in [0.4, 0.5) is 5.95 Å². The van der Waals surface area contributed by atoms with E-state index >= 15 is 0 Å². The number of aromatic nitrogens is 3. The molecule has 0 aliphatic rings. The van der Waals surface area contributed by atoms with Crippen molar-refractivity contribution in [1.82, 2.24) is 15.2 Å². The van der Waals surface area contributed by atoms with Crippen LogP contribution in [0.5, 0.6) is 6.01 Å². The van der Waals surface area contributed by atoms with Crippen LogP contribution in [0.1, 0.15) is 17.3 Å². The second-order valence-corrected chi connectivity index (χ2v) is 4.32. The largest absolute Gasteiger partial charge is 0.463 e. The summed E-state index contributed by atoms with van der Waals surface area (Å²) < 4.78 is 5.06. The zero-order valence-corrected chi connectivity index (χ0v) is 11.4. The molecule has 0 aliphatic heterocycles. The molecule has 0 saturated carbocycles. The van der Waals surface area contributed by atoms with E-state index in [1.54, 1.807) is 6.07 Å². The monoisotopic (exact) mass is 300 g/mol. The minimum absolute atomic E-state index is 0.167. The molecular formula is C11H10Cl2N4O2. The molecule has 1 aromatic heterocycles. The quantitative estimate of drug-likeness (QED) is 0.910. The fourth-order valence-electron chi connectivity index (χ4n) is 1.34. The number of hydrogen-bond acceptors (Lipinski definition) is 4. The van der Waals surface area contributed by atoms with Crippen molar-refractivity contribution < 1.29 is 9.53 Å². The molecular weight excluding hydrogens is 291 g/mol. The molecule has 1 heterocycles. The van der Waals surface area contributed by atoms with Crippen molar-refractivity contribution in [2.75, 3.05) is 11.9 Å². The summed E-state index contributed by atoms with van der Waals surface area (Å²) in [5, 5.41) is 9.54. The fraction of sp³-hybridized carbons (Fsp3) is 0.182. The Morgan fingerprint density at radius 1 is 1.47 bits per heavy atom. The van der Waals surface area contributed by atoms with E-state index in [2.05, 4.69) is 20.5 Å². The van der Waals surface area contributed by atoms with Crippen molar-refractivity contribution in [2.45, 2.75) is 6.92 Å². The standard InChI is InChI=1S/C11H10Cl2N4O2/c1-2-19-11-15-10(16-17-11)14-9(18)7-4-3-6(12)5-8(7)13/h3-5H,2H2,1H3,(H2,14,15,16,17,18). The van der Waals surface area contributed by atoms with Gasteiger partial charge >= 0.3 is 6.01 Å². The Hall–Kier alpha value is -1.79. The summed E-state index contributed by atoms with van der Waals surface area (Å²) in [7, 11) is 0. The molecule has 0 atom stereocenters. The van der Waals surface area contributed by atoms with Gasteiger partial charge in [-0.25, -0.2) is 5.10 Å². The number of rotatable bonds is 4. The summed E-state index contributed by atoms with van der Waals surface area (Å²) >= 11 is 11.7. The highest BCUT2D eigenvalue weighted by Crippen LogP contribution is 2.21. The number of nitrogens with zero attached hydrogens (tertiary/aromatic N) is 2. The van der Waals surface area contributed by atoms with Crippen LogP contribution in [0, 0.1) is 0 Å². The molecule has 0 unspecified atom stereocenters. The number of benzene rings is 1. The number of ether oxygens (including phenoxy) is 1. The predicted octanol–water partition coefficient (Wildman–Crippen LogP) is 2.76. The molecule has 0 aliphatic carbocycles. The first-order valence-corrected chi connectivity index (χ1v) is 6.17. The van der Waals surface area contributed by atoms with Crippen LogP contribution >= 0.6 is 23.2 Å². The van der Waals surface area contributed by atoms with Crippen LogP contribution < -0.4 is 10.1 Å². The van der Waals surface area contributed by atoms with E-state index in [0.717, 1.165) is 0 Å². The van der Waals surface area contributed by atoms with E-state index in [1.165, 1.54) is 12.1 Å². The maximum atomic E-state index is 11.9. The van der Waals surface area contributed by atoms with Gasteiger partial charge in [0.2, 0.25) is 5.95 Å². The van der Waals surface area contributed by atoms with Crippen LogP contribution in [-0.2, 0) is 0 Å². The van der Waals surface area contributed by atoms with Crippen molar-refractivity contribution in [2.24, 2.45) is 0 Å². The zero-order valence-electron chi connectivity index (χ0n) is 9.91. The lowest BCUT2D eigenvalue weighted by Crippen LogP contribution is -2.13. The third-order valence-corrected chi connectivity index (χ3v) is 2.69. The molecule has 6 nitrogen and oxygen atoms in total. The number of nitrogens with one attached hydrogen (secondary N) is 2. The molecule has 0 radical (unpaired) electrons. The van der Waals surface area contributed by atoms with Crippen molar-refractivity contribution >= 4 is 35.1 Å². The minimum Gasteiger partial charge on any atom is -0.463 e. The molecule has 0 spiro atoms. The number of aromatic amines is 1. The third kappa shape index (κ3) is 3.36. The van der Waals surface area contributed by atoms with E-state index in [4.69, 9.17) is 27.9 Å². The Morgan fingerprint density at radius 3 is 2.95 bits per heavy atom. The molecule has 100 valence electrons. The van der Waals surface area contributed by atoms with Gasteiger partial charge < -0.3 is 4.74 Å². The van der Waals surface area contributed by atoms with Gasteiger partial charge in [-0.05, 0) is 25.1 Å². The van der Waals surface area contributed by atoms with E-state index in [1.807, 2.05) is 6.92 Å². The highest BCUT2D eigenvalue weighted by Gasteiger charge is 2.13. The summed E-state index contributed by atoms with van der Waals surface area (Å²) in [4.78, 5) is 15.9. The summed E-state index contributed by atoms with van der Waals surface area (Å²) in [5.74, 6) is -0.236. The normalized spacial score (nSPS) is 10.3. The van der Waals surface area contributed by atoms with Gasteiger partial charge in [-0.15, -0.1) is 5.10 Å². The lowest BCUT2D eigenvalue weighted by Gasteiger charge is -2.03. The van der Waals surface area contributed by atoms with Crippen LogP contribution in [0.3, 0.4) is 0 Å². The van der Waals surface area contributed by atoms with Crippen molar-refractivity contribution in [1.29, 1.82) is 0 Å². The highest BCUT2D eigenvalue weighted by molar-refractivity contribution is 6.37. The second-order valence-electron chi connectivity index (χ2n) is 3.48. The van der Waals surface area contributed by atoms with Crippen LogP contribution in [-0.4, -0.2) is 27.7 Å². The average molecular weight is 301 g/mol. The van der Waals surface area contributed by atoms with Gasteiger partial charge in [0.25, 0.3) is 5.91 Å². The number of amides is 1. The molecule has 0 fully saturated rings. The maximum absolute atomic E-state index is 11.9. The number of hydrogen-bond donors (Lipinski definition) is 2. The van der Waals surface area contributed by atoms with Crippen molar-refractivity contribution in [3.8, 4) is 6.01 Å². The topological polar surface area (TPSA) is 79.9 Å². The maximum Gasteiger partial charge on any atom is 0.337 e. The van der Waals surface area contributed by atoms with Gasteiger partial charge in [-0.2, -0.15) is 4.98 Å². The van der Waals surface area contributed by atoms with E-state index in [0.29, 0.717) is 17.2 Å². The SMILES string of the molecule is CCOc1n[nH]c(NC(=O)c2ccc(Cl)cc2Cl)n1. The van der Waals surface area contributed by atoms with Gasteiger partial charge in [0.05, 0.1) is 17.2 Å². The fourth-order valence-corrected chi connectivity index (χ4v) is 1.84. The molecule has 0 bridgehead atoms. The Labute approximate surface area is 119 Å². The smallest absolute Gasteiger partial charge is 0.337 e. The number of carbonyl (C=O) groups excluding carboxylic acids is 1. The summed E-state index contributed by atoms with van der Waals surface area (Å²) in [6, 6.07) is 4.76. The summed E-state index contributed by atoms with van der Waals surface area (Å²) in [6.45, 7) is 2.25. The predicted molar refractivity (Wildman–Crippen MR) is 72.0 cm³/mol. The Bertz CT molecular complexity index is 600. The average Bonchev–Trinajstić information content (AvgIpc) is 2.76. The van der Waals surface area contributed by atoms with E-state index < -0.39 is 5.91 Å². The molecule has 2 aromatic rings. The Morgan fingerprint density at radius 2 is 2.26 bits per heavy atom. The van der Waals surface area contributed by atoms with Crippen LogP contribution in [0.25, 0.3) is 0 Å². The van der Waals surface area contributed by atoms with E-state index in [9.17, 15) is 4.79 Å². The Kier molecular flexibility index (Phi) is 4.24. The van der Waals surface area contributed by atoms with Crippen LogP contribution in [0.15, 0.2) is 18.2 Å². The molecule has 1 amide bonds. The third-order valence-electron chi connectivity index (χ3n) is 2.15. The lowest BCUT2D eigenvalue weighted by atomic mass is 10.2. The first kappa shape index (κ1) is 13.6. The summed E-state index contributed by atoms with van der Waals surface area (Å²) in [6.07, 6.45) is 0. The lowest BCUT2D eigenvalue weighted by molar-refractivity contribution is 0.102. The number of halogens is 2. The number of H-pyrrole nitrogens is 1. The molecule has 19 heavy (non-hydrogen) atoms. The molecule has 2 rings (SSSR count). The molecule has 0 saturated heterocycles. The number of carbonyl (C=O) groups is 1. The number of anilines is 1. The summed E-state index contributed by atoms with van der Waals surface area (Å²) in [5.41, 5.74) is 0.292. The van der Waals surface area contributed by atoms with Gasteiger partial charge in [0.1, 0.15) is 0 Å². The Balaban J connectivity index is 2.11.